The van der Waals surface area contributed by atoms with Crippen molar-refractivity contribution in [1.29, 1.82) is 0 Å². The van der Waals surface area contributed by atoms with Crippen LogP contribution in [0.25, 0.3) is 0 Å². The molecule has 5 heteroatoms. The standard InChI is InChI=1S/C16H20ClN3O/c1-4-21-10-16-19-14(17)9-15(20-16)18-12(3)13-8-6-5-7-11(13)2/h5-9,12H,4,10H2,1-3H3,(H,18,19,20). The minimum atomic E-state index is 0.136. The van der Waals surface area contributed by atoms with E-state index in [1.54, 1.807) is 6.07 Å². The van der Waals surface area contributed by atoms with Crippen molar-refractivity contribution in [2.75, 3.05) is 11.9 Å². The Morgan fingerprint density at radius 3 is 2.76 bits per heavy atom. The Balaban J connectivity index is 2.15. The van der Waals surface area contributed by atoms with Gasteiger partial charge in [-0.2, -0.15) is 0 Å². The molecule has 21 heavy (non-hydrogen) atoms. The van der Waals surface area contributed by atoms with Crippen LogP contribution in [0.15, 0.2) is 30.3 Å². The highest BCUT2D eigenvalue weighted by Gasteiger charge is 2.10. The van der Waals surface area contributed by atoms with Gasteiger partial charge in [0.2, 0.25) is 0 Å². The summed E-state index contributed by atoms with van der Waals surface area (Å²) in [5.74, 6) is 1.30. The van der Waals surface area contributed by atoms with Crippen LogP contribution in [0.5, 0.6) is 0 Å². The van der Waals surface area contributed by atoms with Crippen molar-refractivity contribution in [3.63, 3.8) is 0 Å². The molecule has 2 rings (SSSR count). The molecule has 2 aromatic rings. The van der Waals surface area contributed by atoms with Crippen LogP contribution < -0.4 is 5.32 Å². The summed E-state index contributed by atoms with van der Waals surface area (Å²) in [7, 11) is 0. The monoisotopic (exact) mass is 305 g/mol. The molecule has 1 aromatic heterocycles. The second-order valence-electron chi connectivity index (χ2n) is 4.85. The van der Waals surface area contributed by atoms with E-state index in [2.05, 4.69) is 41.3 Å². The highest BCUT2D eigenvalue weighted by molar-refractivity contribution is 6.29. The summed E-state index contributed by atoms with van der Waals surface area (Å²) < 4.78 is 5.33. The third-order valence-corrected chi connectivity index (χ3v) is 3.39. The Bertz CT molecular complexity index is 604. The quantitative estimate of drug-likeness (QED) is 0.815. The zero-order valence-electron chi connectivity index (χ0n) is 12.6. The smallest absolute Gasteiger partial charge is 0.158 e. The van der Waals surface area contributed by atoms with Gasteiger partial charge in [-0.15, -0.1) is 0 Å². The van der Waals surface area contributed by atoms with E-state index in [0.717, 1.165) is 0 Å². The van der Waals surface area contributed by atoms with E-state index >= 15 is 0 Å². The Hall–Kier alpha value is -1.65. The van der Waals surface area contributed by atoms with Crippen LogP contribution in [-0.4, -0.2) is 16.6 Å². The first-order chi connectivity index (χ1) is 10.1. The average molecular weight is 306 g/mol. The van der Waals surface area contributed by atoms with Crippen molar-refractivity contribution >= 4 is 17.4 Å². The van der Waals surface area contributed by atoms with E-state index in [4.69, 9.17) is 16.3 Å². The maximum Gasteiger partial charge on any atom is 0.158 e. The van der Waals surface area contributed by atoms with Crippen LogP contribution >= 0.6 is 11.6 Å². The molecule has 0 spiro atoms. The van der Waals surface area contributed by atoms with E-state index in [9.17, 15) is 0 Å². The summed E-state index contributed by atoms with van der Waals surface area (Å²) in [5, 5.41) is 3.78. The first kappa shape index (κ1) is 15.7. The fraction of sp³-hybridized carbons (Fsp3) is 0.375. The van der Waals surface area contributed by atoms with Gasteiger partial charge in [0.05, 0.1) is 6.04 Å². The largest absolute Gasteiger partial charge is 0.374 e. The van der Waals surface area contributed by atoms with Gasteiger partial charge in [0.1, 0.15) is 17.6 Å². The molecule has 0 radical (unpaired) electrons. The molecule has 1 unspecified atom stereocenters. The third kappa shape index (κ3) is 4.41. The molecule has 0 fully saturated rings. The fourth-order valence-electron chi connectivity index (χ4n) is 2.17. The molecule has 0 saturated carbocycles. The fourth-order valence-corrected chi connectivity index (χ4v) is 2.37. The van der Waals surface area contributed by atoms with Crippen molar-refractivity contribution in [3.8, 4) is 0 Å². The van der Waals surface area contributed by atoms with Crippen LogP contribution in [0.1, 0.15) is 36.8 Å². The lowest BCUT2D eigenvalue weighted by Crippen LogP contribution is -2.11. The van der Waals surface area contributed by atoms with Crippen LogP contribution in [0.4, 0.5) is 5.82 Å². The normalized spacial score (nSPS) is 12.2. The number of hydrogen-bond acceptors (Lipinski definition) is 4. The number of nitrogens with zero attached hydrogens (tertiary/aromatic N) is 2. The minimum Gasteiger partial charge on any atom is -0.374 e. The zero-order valence-corrected chi connectivity index (χ0v) is 13.3. The van der Waals surface area contributed by atoms with Gasteiger partial charge >= 0.3 is 0 Å². The highest BCUT2D eigenvalue weighted by Crippen LogP contribution is 2.22. The van der Waals surface area contributed by atoms with Crippen molar-refractivity contribution in [1.82, 2.24) is 9.97 Å². The van der Waals surface area contributed by atoms with E-state index in [1.165, 1.54) is 11.1 Å². The average Bonchev–Trinajstić information content (AvgIpc) is 2.45. The Morgan fingerprint density at radius 1 is 1.29 bits per heavy atom. The van der Waals surface area contributed by atoms with E-state index in [-0.39, 0.29) is 6.04 Å². The van der Waals surface area contributed by atoms with Gasteiger partial charge in [-0.1, -0.05) is 35.9 Å². The summed E-state index contributed by atoms with van der Waals surface area (Å²) >= 11 is 6.04. The topological polar surface area (TPSA) is 47.0 Å². The Morgan fingerprint density at radius 2 is 2.05 bits per heavy atom. The number of ether oxygens (including phenoxy) is 1. The third-order valence-electron chi connectivity index (χ3n) is 3.20. The predicted octanol–water partition coefficient (Wildman–Crippen LogP) is 4.15. The summed E-state index contributed by atoms with van der Waals surface area (Å²) in [5.41, 5.74) is 2.48. The van der Waals surface area contributed by atoms with Crippen LogP contribution in [0.3, 0.4) is 0 Å². The van der Waals surface area contributed by atoms with Crippen LogP contribution in [0.2, 0.25) is 5.15 Å². The lowest BCUT2D eigenvalue weighted by atomic mass is 10.0. The van der Waals surface area contributed by atoms with Crippen molar-refractivity contribution in [2.45, 2.75) is 33.4 Å². The summed E-state index contributed by atoms with van der Waals surface area (Å²) in [6.07, 6.45) is 0. The molecular formula is C16H20ClN3O. The number of rotatable bonds is 6. The minimum absolute atomic E-state index is 0.136. The molecule has 1 heterocycles. The molecule has 0 aliphatic heterocycles. The number of nitrogens with one attached hydrogen (secondary N) is 1. The molecule has 0 saturated heterocycles. The summed E-state index contributed by atoms with van der Waals surface area (Å²) in [6.45, 7) is 7.12. The van der Waals surface area contributed by atoms with E-state index < -0.39 is 0 Å². The molecule has 1 N–H and O–H groups in total. The molecule has 4 nitrogen and oxygen atoms in total. The molecule has 0 aliphatic carbocycles. The van der Waals surface area contributed by atoms with Gasteiger partial charge in [-0.3, -0.25) is 0 Å². The SMILES string of the molecule is CCOCc1nc(Cl)cc(NC(C)c2ccccc2C)n1. The number of aromatic nitrogens is 2. The van der Waals surface area contributed by atoms with Crippen molar-refractivity contribution in [3.05, 3.63) is 52.4 Å². The van der Waals surface area contributed by atoms with Crippen LogP contribution in [-0.2, 0) is 11.3 Å². The van der Waals surface area contributed by atoms with Gasteiger partial charge in [0.15, 0.2) is 5.82 Å². The lowest BCUT2D eigenvalue weighted by molar-refractivity contribution is 0.128. The van der Waals surface area contributed by atoms with E-state index in [0.29, 0.717) is 30.0 Å². The molecule has 0 bridgehead atoms. The second-order valence-corrected chi connectivity index (χ2v) is 5.24. The summed E-state index contributed by atoms with van der Waals surface area (Å²) in [6, 6.07) is 10.1. The molecular weight excluding hydrogens is 286 g/mol. The zero-order chi connectivity index (χ0) is 15.2. The number of halogens is 1. The van der Waals surface area contributed by atoms with E-state index in [1.807, 2.05) is 19.1 Å². The van der Waals surface area contributed by atoms with Gasteiger partial charge in [-0.05, 0) is 31.9 Å². The number of benzene rings is 1. The predicted molar refractivity (Wildman–Crippen MR) is 85.6 cm³/mol. The number of aryl methyl sites for hydroxylation is 1. The Labute approximate surface area is 130 Å². The van der Waals surface area contributed by atoms with Gasteiger partial charge in [-0.25, -0.2) is 9.97 Å². The Kier molecular flexibility index (Phi) is 5.53. The van der Waals surface area contributed by atoms with Crippen molar-refractivity contribution in [2.24, 2.45) is 0 Å². The van der Waals surface area contributed by atoms with Crippen LogP contribution in [0, 0.1) is 6.92 Å². The molecule has 1 atom stereocenters. The molecule has 1 aromatic carbocycles. The maximum atomic E-state index is 6.04. The lowest BCUT2D eigenvalue weighted by Gasteiger charge is -2.17. The van der Waals surface area contributed by atoms with Gasteiger partial charge in [0, 0.05) is 12.7 Å². The first-order valence-corrected chi connectivity index (χ1v) is 7.41. The van der Waals surface area contributed by atoms with Crippen molar-refractivity contribution < 1.29 is 4.74 Å². The summed E-state index contributed by atoms with van der Waals surface area (Å²) in [4.78, 5) is 8.59. The molecule has 0 amide bonds. The first-order valence-electron chi connectivity index (χ1n) is 7.03. The number of anilines is 1. The second kappa shape index (κ2) is 7.38. The van der Waals surface area contributed by atoms with Gasteiger partial charge in [0.25, 0.3) is 0 Å². The maximum absolute atomic E-state index is 6.04. The number of hydrogen-bond donors (Lipinski definition) is 1. The molecule has 0 aliphatic rings. The highest BCUT2D eigenvalue weighted by atomic mass is 35.5. The molecule has 112 valence electrons. The van der Waals surface area contributed by atoms with Gasteiger partial charge < -0.3 is 10.1 Å².